The Balaban J connectivity index is 2.56. The van der Waals surface area contributed by atoms with Gasteiger partial charge < -0.3 is 15.2 Å². The van der Waals surface area contributed by atoms with Crippen molar-refractivity contribution in [3.63, 3.8) is 0 Å². The standard InChI is InChI=1S/C14H27NO3/c1-14(2)8-5-4-6-12(14)13(17)15-11(7-9-16)10-18-3/h11-12,16H,4-10H2,1-3H3,(H,15,17). The van der Waals surface area contributed by atoms with E-state index in [4.69, 9.17) is 9.84 Å². The van der Waals surface area contributed by atoms with Gasteiger partial charge in [0.2, 0.25) is 5.91 Å². The van der Waals surface area contributed by atoms with E-state index in [1.54, 1.807) is 7.11 Å². The van der Waals surface area contributed by atoms with Crippen LogP contribution in [0.3, 0.4) is 0 Å². The largest absolute Gasteiger partial charge is 0.396 e. The zero-order valence-corrected chi connectivity index (χ0v) is 11.9. The molecule has 0 radical (unpaired) electrons. The van der Waals surface area contributed by atoms with Crippen molar-refractivity contribution in [1.29, 1.82) is 0 Å². The highest BCUT2D eigenvalue weighted by Gasteiger charge is 2.37. The predicted molar refractivity (Wildman–Crippen MR) is 71.2 cm³/mol. The Morgan fingerprint density at radius 2 is 2.22 bits per heavy atom. The summed E-state index contributed by atoms with van der Waals surface area (Å²) in [5.74, 6) is 0.208. The molecule has 2 atom stereocenters. The fourth-order valence-electron chi connectivity index (χ4n) is 2.84. The summed E-state index contributed by atoms with van der Waals surface area (Å²) in [7, 11) is 1.61. The van der Waals surface area contributed by atoms with Crippen LogP contribution in [-0.2, 0) is 9.53 Å². The van der Waals surface area contributed by atoms with Gasteiger partial charge in [-0.15, -0.1) is 0 Å². The molecule has 0 saturated heterocycles. The van der Waals surface area contributed by atoms with Crippen LogP contribution in [-0.4, -0.2) is 37.4 Å². The summed E-state index contributed by atoms with van der Waals surface area (Å²) in [4.78, 5) is 12.3. The summed E-state index contributed by atoms with van der Waals surface area (Å²) in [6, 6.07) is -0.0785. The van der Waals surface area contributed by atoms with E-state index >= 15 is 0 Å². The van der Waals surface area contributed by atoms with Gasteiger partial charge in [0.15, 0.2) is 0 Å². The Morgan fingerprint density at radius 1 is 1.50 bits per heavy atom. The van der Waals surface area contributed by atoms with Gasteiger partial charge in [-0.1, -0.05) is 26.7 Å². The van der Waals surface area contributed by atoms with E-state index in [1.165, 1.54) is 6.42 Å². The van der Waals surface area contributed by atoms with Crippen LogP contribution >= 0.6 is 0 Å². The minimum Gasteiger partial charge on any atom is -0.396 e. The van der Waals surface area contributed by atoms with E-state index in [1.807, 2.05) is 0 Å². The number of aliphatic hydroxyl groups excluding tert-OH is 1. The van der Waals surface area contributed by atoms with Crippen molar-refractivity contribution in [3.05, 3.63) is 0 Å². The van der Waals surface area contributed by atoms with Crippen molar-refractivity contribution in [2.24, 2.45) is 11.3 Å². The van der Waals surface area contributed by atoms with Crippen molar-refractivity contribution < 1.29 is 14.6 Å². The van der Waals surface area contributed by atoms with Crippen LogP contribution in [0.1, 0.15) is 46.0 Å². The second-order valence-corrected chi connectivity index (χ2v) is 5.96. The van der Waals surface area contributed by atoms with Gasteiger partial charge in [0.25, 0.3) is 0 Å². The number of aliphatic hydroxyl groups is 1. The molecule has 1 amide bonds. The molecule has 0 aromatic rings. The molecule has 1 saturated carbocycles. The zero-order valence-electron chi connectivity index (χ0n) is 11.9. The minimum absolute atomic E-state index is 0.0718. The van der Waals surface area contributed by atoms with E-state index in [9.17, 15) is 4.79 Å². The molecule has 1 rings (SSSR count). The third kappa shape index (κ3) is 4.25. The van der Waals surface area contributed by atoms with Crippen molar-refractivity contribution in [3.8, 4) is 0 Å². The quantitative estimate of drug-likeness (QED) is 0.761. The average Bonchev–Trinajstić information content (AvgIpc) is 2.28. The highest BCUT2D eigenvalue weighted by atomic mass is 16.5. The second-order valence-electron chi connectivity index (χ2n) is 5.96. The van der Waals surface area contributed by atoms with Crippen LogP contribution in [0.5, 0.6) is 0 Å². The van der Waals surface area contributed by atoms with Crippen molar-refractivity contribution >= 4 is 5.91 Å². The molecular weight excluding hydrogens is 230 g/mol. The molecule has 2 unspecified atom stereocenters. The maximum absolute atomic E-state index is 12.3. The topological polar surface area (TPSA) is 58.6 Å². The lowest BCUT2D eigenvalue weighted by atomic mass is 9.68. The summed E-state index contributed by atoms with van der Waals surface area (Å²) in [6.45, 7) is 4.88. The number of rotatable bonds is 6. The van der Waals surface area contributed by atoms with Crippen molar-refractivity contribution in [2.45, 2.75) is 52.0 Å². The van der Waals surface area contributed by atoms with Gasteiger partial charge in [-0.2, -0.15) is 0 Å². The fourth-order valence-corrected chi connectivity index (χ4v) is 2.84. The van der Waals surface area contributed by atoms with Gasteiger partial charge in [0, 0.05) is 19.6 Å². The highest BCUT2D eigenvalue weighted by Crippen LogP contribution is 2.40. The molecule has 4 heteroatoms. The van der Waals surface area contributed by atoms with Gasteiger partial charge in [0.1, 0.15) is 0 Å². The highest BCUT2D eigenvalue weighted by molar-refractivity contribution is 5.79. The summed E-state index contributed by atoms with van der Waals surface area (Å²) in [5.41, 5.74) is 0.0825. The number of hydrogen-bond acceptors (Lipinski definition) is 3. The lowest BCUT2D eigenvalue weighted by Gasteiger charge is -2.38. The number of hydrogen-bond donors (Lipinski definition) is 2. The van der Waals surface area contributed by atoms with Crippen LogP contribution < -0.4 is 5.32 Å². The first kappa shape index (κ1) is 15.4. The molecule has 1 fully saturated rings. The molecule has 1 aliphatic carbocycles. The molecule has 18 heavy (non-hydrogen) atoms. The van der Waals surface area contributed by atoms with Crippen molar-refractivity contribution in [2.75, 3.05) is 20.3 Å². The second kappa shape index (κ2) is 7.10. The van der Waals surface area contributed by atoms with Gasteiger partial charge in [0.05, 0.1) is 12.6 Å². The predicted octanol–water partition coefficient (Wildman–Crippen LogP) is 1.72. The van der Waals surface area contributed by atoms with E-state index in [2.05, 4.69) is 19.2 Å². The fraction of sp³-hybridized carbons (Fsp3) is 0.929. The first-order valence-electron chi connectivity index (χ1n) is 6.91. The Hall–Kier alpha value is -0.610. The van der Waals surface area contributed by atoms with Crippen LogP contribution in [0, 0.1) is 11.3 Å². The molecule has 0 spiro atoms. The number of nitrogens with one attached hydrogen (secondary N) is 1. The lowest BCUT2D eigenvalue weighted by Crippen LogP contribution is -2.46. The lowest BCUT2D eigenvalue weighted by molar-refractivity contribution is -0.131. The van der Waals surface area contributed by atoms with Crippen LogP contribution in [0.2, 0.25) is 0 Å². The minimum atomic E-state index is -0.0785. The smallest absolute Gasteiger partial charge is 0.223 e. The Kier molecular flexibility index (Phi) is 6.09. The molecule has 0 aromatic heterocycles. The molecule has 0 heterocycles. The average molecular weight is 257 g/mol. The van der Waals surface area contributed by atoms with E-state index < -0.39 is 0 Å². The molecule has 0 bridgehead atoms. The Morgan fingerprint density at radius 3 is 2.78 bits per heavy atom. The molecule has 1 aliphatic rings. The van der Waals surface area contributed by atoms with E-state index in [-0.39, 0.29) is 29.9 Å². The zero-order chi connectivity index (χ0) is 13.6. The molecule has 106 valence electrons. The summed E-state index contributed by atoms with van der Waals surface area (Å²) in [6.07, 6.45) is 4.98. The van der Waals surface area contributed by atoms with Crippen LogP contribution in [0.15, 0.2) is 0 Å². The van der Waals surface area contributed by atoms with Gasteiger partial charge >= 0.3 is 0 Å². The molecule has 0 aromatic carbocycles. The van der Waals surface area contributed by atoms with E-state index in [0.717, 1.165) is 19.3 Å². The molecule has 2 N–H and O–H groups in total. The number of methoxy groups -OCH3 is 1. The first-order chi connectivity index (χ1) is 8.51. The molecule has 0 aliphatic heterocycles. The van der Waals surface area contributed by atoms with Crippen LogP contribution in [0.4, 0.5) is 0 Å². The molecule has 4 nitrogen and oxygen atoms in total. The van der Waals surface area contributed by atoms with Gasteiger partial charge in [-0.05, 0) is 24.7 Å². The summed E-state index contributed by atoms with van der Waals surface area (Å²) in [5, 5.41) is 12.0. The van der Waals surface area contributed by atoms with Crippen molar-refractivity contribution in [1.82, 2.24) is 5.32 Å². The third-order valence-electron chi connectivity index (χ3n) is 4.02. The number of carbonyl (C=O) groups is 1. The number of carbonyl (C=O) groups excluding carboxylic acids is 1. The normalized spacial score (nSPS) is 24.6. The summed E-state index contributed by atoms with van der Waals surface area (Å²) < 4.78 is 5.07. The van der Waals surface area contributed by atoms with Crippen LogP contribution in [0.25, 0.3) is 0 Å². The van der Waals surface area contributed by atoms with E-state index in [0.29, 0.717) is 13.0 Å². The number of ether oxygens (including phenoxy) is 1. The summed E-state index contributed by atoms with van der Waals surface area (Å²) >= 11 is 0. The first-order valence-corrected chi connectivity index (χ1v) is 6.91. The maximum atomic E-state index is 12.3. The SMILES string of the molecule is COCC(CCO)NC(=O)C1CCCCC1(C)C. The van der Waals surface area contributed by atoms with Gasteiger partial charge in [-0.25, -0.2) is 0 Å². The Labute approximate surface area is 110 Å². The third-order valence-corrected chi connectivity index (χ3v) is 4.02. The maximum Gasteiger partial charge on any atom is 0.223 e. The Bertz CT molecular complexity index is 260. The monoisotopic (exact) mass is 257 g/mol. The number of amides is 1. The molecular formula is C14H27NO3. The van der Waals surface area contributed by atoms with Gasteiger partial charge in [-0.3, -0.25) is 4.79 Å².